The Hall–Kier alpha value is -2.73. The highest BCUT2D eigenvalue weighted by Crippen LogP contribution is 2.28. The maximum Gasteiger partial charge on any atom is 0.259 e. The van der Waals surface area contributed by atoms with Crippen LogP contribution in [0.2, 0.25) is 5.02 Å². The topological polar surface area (TPSA) is 69.6 Å². The van der Waals surface area contributed by atoms with Crippen molar-refractivity contribution in [3.05, 3.63) is 47.5 Å². The molecule has 0 N–H and O–H groups in total. The van der Waals surface area contributed by atoms with Crippen LogP contribution in [0.3, 0.4) is 0 Å². The van der Waals surface area contributed by atoms with Crippen LogP contribution >= 0.6 is 11.6 Å². The van der Waals surface area contributed by atoms with Gasteiger partial charge in [0.2, 0.25) is 5.82 Å². The average Bonchev–Trinajstić information content (AvgIpc) is 3.21. The number of nitrogens with zero attached hydrogens (tertiary/aromatic N) is 5. The Morgan fingerprint density at radius 1 is 1.17 bits per heavy atom. The third kappa shape index (κ3) is 2.37. The summed E-state index contributed by atoms with van der Waals surface area (Å²) in [5.41, 5.74) is 3.31. The van der Waals surface area contributed by atoms with Crippen molar-refractivity contribution in [2.75, 3.05) is 0 Å². The van der Waals surface area contributed by atoms with Crippen molar-refractivity contribution in [1.82, 2.24) is 25.1 Å². The van der Waals surface area contributed by atoms with Gasteiger partial charge in [-0.05, 0) is 37.3 Å². The lowest BCUT2D eigenvalue weighted by atomic mass is 10.2. The van der Waals surface area contributed by atoms with Crippen LogP contribution in [0.25, 0.3) is 33.9 Å². The number of fused-ring (bicyclic) bond motifs is 1. The van der Waals surface area contributed by atoms with Gasteiger partial charge in [-0.3, -0.25) is 0 Å². The first kappa shape index (κ1) is 13.9. The zero-order valence-electron chi connectivity index (χ0n) is 12.3. The third-order valence-corrected chi connectivity index (χ3v) is 3.93. The third-order valence-electron chi connectivity index (χ3n) is 3.60. The second kappa shape index (κ2) is 5.48. The molecule has 4 rings (SSSR count). The van der Waals surface area contributed by atoms with Crippen LogP contribution in [0.5, 0.6) is 0 Å². The van der Waals surface area contributed by atoms with Crippen molar-refractivity contribution in [3.63, 3.8) is 0 Å². The predicted octanol–water partition coefficient (Wildman–Crippen LogP) is 3.82. The maximum absolute atomic E-state index is 6.16. The van der Waals surface area contributed by atoms with E-state index in [1.807, 2.05) is 48.0 Å². The van der Waals surface area contributed by atoms with Gasteiger partial charge in [-0.1, -0.05) is 34.1 Å². The molecule has 4 aromatic rings. The molecule has 6 nitrogen and oxygen atoms in total. The summed E-state index contributed by atoms with van der Waals surface area (Å²) in [7, 11) is 0. The van der Waals surface area contributed by atoms with Crippen LogP contribution in [-0.2, 0) is 6.54 Å². The summed E-state index contributed by atoms with van der Waals surface area (Å²) in [4.78, 5) is 4.43. The van der Waals surface area contributed by atoms with Gasteiger partial charge in [0.15, 0.2) is 0 Å². The van der Waals surface area contributed by atoms with E-state index in [4.69, 9.17) is 16.1 Å². The van der Waals surface area contributed by atoms with E-state index in [0.717, 1.165) is 23.1 Å². The minimum absolute atomic E-state index is 0.392. The van der Waals surface area contributed by atoms with E-state index in [2.05, 4.69) is 20.5 Å². The number of halogens is 1. The summed E-state index contributed by atoms with van der Waals surface area (Å²) < 4.78 is 7.18. The van der Waals surface area contributed by atoms with Gasteiger partial charge in [0.05, 0.1) is 16.1 Å². The minimum Gasteiger partial charge on any atom is -0.334 e. The maximum atomic E-state index is 6.16. The first-order valence-electron chi connectivity index (χ1n) is 7.18. The van der Waals surface area contributed by atoms with Gasteiger partial charge in [-0.2, -0.15) is 4.98 Å². The van der Waals surface area contributed by atoms with Crippen molar-refractivity contribution in [2.45, 2.75) is 13.5 Å². The number of hydrogen-bond donors (Lipinski definition) is 0. The number of rotatable bonds is 3. The fraction of sp³-hybridized carbons (Fsp3) is 0.125. The molecule has 0 atom stereocenters. The molecular formula is C16H12ClN5O. The lowest BCUT2D eigenvalue weighted by Crippen LogP contribution is -1.95. The van der Waals surface area contributed by atoms with Crippen molar-refractivity contribution >= 4 is 22.6 Å². The second-order valence-corrected chi connectivity index (χ2v) is 5.42. The molecule has 7 heteroatoms. The molecule has 0 aliphatic carbocycles. The van der Waals surface area contributed by atoms with Crippen LogP contribution in [0.4, 0.5) is 0 Å². The Morgan fingerprint density at radius 2 is 2.04 bits per heavy atom. The minimum atomic E-state index is 0.392. The largest absolute Gasteiger partial charge is 0.334 e. The smallest absolute Gasteiger partial charge is 0.259 e. The molecule has 0 saturated heterocycles. The van der Waals surface area contributed by atoms with E-state index in [1.165, 1.54) is 0 Å². The van der Waals surface area contributed by atoms with E-state index in [1.54, 1.807) is 6.07 Å². The summed E-state index contributed by atoms with van der Waals surface area (Å²) in [6.45, 7) is 2.80. The van der Waals surface area contributed by atoms with Crippen LogP contribution in [0.15, 0.2) is 47.0 Å². The molecule has 0 amide bonds. The molecule has 0 saturated carbocycles. The molecule has 0 unspecified atom stereocenters. The van der Waals surface area contributed by atoms with Crippen molar-refractivity contribution in [2.24, 2.45) is 0 Å². The van der Waals surface area contributed by atoms with Gasteiger partial charge in [0.25, 0.3) is 5.89 Å². The van der Waals surface area contributed by atoms with Crippen LogP contribution < -0.4 is 0 Å². The van der Waals surface area contributed by atoms with E-state index in [9.17, 15) is 0 Å². The van der Waals surface area contributed by atoms with E-state index in [-0.39, 0.29) is 0 Å². The molecule has 114 valence electrons. The number of aromatic nitrogens is 5. The average molecular weight is 326 g/mol. The Balaban J connectivity index is 1.76. The molecule has 0 aliphatic rings. The highest BCUT2D eigenvalue weighted by molar-refractivity contribution is 6.33. The van der Waals surface area contributed by atoms with E-state index in [0.29, 0.717) is 22.3 Å². The van der Waals surface area contributed by atoms with Crippen molar-refractivity contribution in [3.8, 4) is 22.8 Å². The Kier molecular flexibility index (Phi) is 3.31. The summed E-state index contributed by atoms with van der Waals surface area (Å²) in [6.07, 6.45) is 0. The Bertz CT molecular complexity index is 991. The quantitative estimate of drug-likeness (QED) is 0.572. The van der Waals surface area contributed by atoms with Gasteiger partial charge < -0.3 is 4.52 Å². The molecule has 0 bridgehead atoms. The van der Waals surface area contributed by atoms with Crippen LogP contribution in [0.1, 0.15) is 6.92 Å². The van der Waals surface area contributed by atoms with E-state index >= 15 is 0 Å². The zero-order chi connectivity index (χ0) is 15.8. The number of aryl methyl sites for hydroxylation is 1. The SMILES string of the molecule is CCn1nnc2cc(-c3noc(-c4ccccc4Cl)n3)ccc21. The molecule has 2 aromatic carbocycles. The first-order chi connectivity index (χ1) is 11.3. The molecule has 23 heavy (non-hydrogen) atoms. The summed E-state index contributed by atoms with van der Waals surface area (Å²) in [6, 6.07) is 13.1. The molecule has 0 aliphatic heterocycles. The molecule has 0 spiro atoms. The van der Waals surface area contributed by atoms with Gasteiger partial charge in [-0.15, -0.1) is 5.10 Å². The fourth-order valence-electron chi connectivity index (χ4n) is 2.43. The summed E-state index contributed by atoms with van der Waals surface area (Å²) >= 11 is 6.16. The highest BCUT2D eigenvalue weighted by atomic mass is 35.5. The van der Waals surface area contributed by atoms with Crippen molar-refractivity contribution < 1.29 is 4.52 Å². The van der Waals surface area contributed by atoms with Gasteiger partial charge in [0.1, 0.15) is 5.52 Å². The molecule has 0 radical (unpaired) electrons. The monoisotopic (exact) mass is 325 g/mol. The Labute approximate surface area is 136 Å². The lowest BCUT2D eigenvalue weighted by molar-refractivity contribution is 0.432. The Morgan fingerprint density at radius 3 is 2.87 bits per heavy atom. The zero-order valence-corrected chi connectivity index (χ0v) is 13.0. The summed E-state index contributed by atoms with van der Waals surface area (Å²) in [5, 5.41) is 12.9. The van der Waals surface area contributed by atoms with Gasteiger partial charge in [-0.25, -0.2) is 4.68 Å². The lowest BCUT2D eigenvalue weighted by Gasteiger charge is -1.97. The molecule has 0 fully saturated rings. The molecule has 2 aromatic heterocycles. The van der Waals surface area contributed by atoms with Crippen LogP contribution in [0, 0.1) is 0 Å². The highest BCUT2D eigenvalue weighted by Gasteiger charge is 2.14. The van der Waals surface area contributed by atoms with E-state index < -0.39 is 0 Å². The molecular weight excluding hydrogens is 314 g/mol. The normalized spacial score (nSPS) is 11.2. The summed E-state index contributed by atoms with van der Waals surface area (Å²) in [5.74, 6) is 0.885. The number of benzene rings is 2. The van der Waals surface area contributed by atoms with Crippen LogP contribution in [-0.4, -0.2) is 25.1 Å². The predicted molar refractivity (Wildman–Crippen MR) is 86.9 cm³/mol. The first-order valence-corrected chi connectivity index (χ1v) is 7.56. The fourth-order valence-corrected chi connectivity index (χ4v) is 2.65. The van der Waals surface area contributed by atoms with Crippen molar-refractivity contribution in [1.29, 1.82) is 0 Å². The van der Waals surface area contributed by atoms with Gasteiger partial charge in [0, 0.05) is 12.1 Å². The molecule has 2 heterocycles. The second-order valence-electron chi connectivity index (χ2n) is 5.01. The number of hydrogen-bond acceptors (Lipinski definition) is 5. The van der Waals surface area contributed by atoms with Gasteiger partial charge >= 0.3 is 0 Å². The standard InChI is InChI=1S/C16H12ClN5O/c1-2-22-14-8-7-10(9-13(14)19-21-22)15-18-16(23-20-15)11-5-3-4-6-12(11)17/h3-9H,2H2,1H3.